The molecule has 0 aliphatic carbocycles. The van der Waals surface area contributed by atoms with E-state index < -0.39 is 0 Å². The third-order valence-electron chi connectivity index (χ3n) is 5.65. The quantitative estimate of drug-likeness (QED) is 0.693. The zero-order chi connectivity index (χ0) is 18.8. The summed E-state index contributed by atoms with van der Waals surface area (Å²) in [6, 6.07) is 11.6. The highest BCUT2D eigenvalue weighted by molar-refractivity contribution is 5.76. The lowest BCUT2D eigenvalue weighted by Crippen LogP contribution is -2.54. The van der Waals surface area contributed by atoms with Gasteiger partial charge in [-0.05, 0) is 25.8 Å². The standard InChI is InChI=1S/C22H29N5/c1-4-20-16-25(10-11-26(20)17(2)3)14-18-12-23-22-21(13-24-27(22)15-18)19-8-6-5-7-9-19/h5-9,12-13,15,17,20H,4,10-11,14,16H2,1-3H3. The first-order valence-corrected chi connectivity index (χ1v) is 10.0. The van der Waals surface area contributed by atoms with E-state index in [9.17, 15) is 0 Å². The lowest BCUT2D eigenvalue weighted by molar-refractivity contribution is 0.0455. The molecule has 1 aliphatic heterocycles. The molecule has 27 heavy (non-hydrogen) atoms. The van der Waals surface area contributed by atoms with E-state index in [0.29, 0.717) is 12.1 Å². The number of benzene rings is 1. The zero-order valence-electron chi connectivity index (χ0n) is 16.5. The van der Waals surface area contributed by atoms with Gasteiger partial charge in [0.15, 0.2) is 5.65 Å². The minimum absolute atomic E-state index is 0.621. The van der Waals surface area contributed by atoms with E-state index >= 15 is 0 Å². The normalized spacial score (nSPS) is 19.2. The van der Waals surface area contributed by atoms with Gasteiger partial charge in [0.2, 0.25) is 0 Å². The highest BCUT2D eigenvalue weighted by Gasteiger charge is 2.27. The smallest absolute Gasteiger partial charge is 0.162 e. The molecule has 4 rings (SSSR count). The van der Waals surface area contributed by atoms with Crippen LogP contribution in [0, 0.1) is 0 Å². The summed E-state index contributed by atoms with van der Waals surface area (Å²) in [7, 11) is 0. The second kappa shape index (κ2) is 7.79. The molecule has 1 unspecified atom stereocenters. The van der Waals surface area contributed by atoms with Crippen LogP contribution in [0.5, 0.6) is 0 Å². The van der Waals surface area contributed by atoms with Crippen LogP contribution in [0.1, 0.15) is 32.8 Å². The fourth-order valence-corrected chi connectivity index (χ4v) is 4.20. The van der Waals surface area contributed by atoms with E-state index in [1.54, 1.807) is 0 Å². The van der Waals surface area contributed by atoms with Crippen LogP contribution in [0.3, 0.4) is 0 Å². The molecule has 3 aromatic rings. The van der Waals surface area contributed by atoms with Crippen molar-refractivity contribution in [2.75, 3.05) is 19.6 Å². The Morgan fingerprint density at radius 1 is 1.11 bits per heavy atom. The number of rotatable bonds is 5. The van der Waals surface area contributed by atoms with Gasteiger partial charge in [-0.3, -0.25) is 9.80 Å². The van der Waals surface area contributed by atoms with Gasteiger partial charge in [-0.15, -0.1) is 0 Å². The molecule has 0 saturated carbocycles. The van der Waals surface area contributed by atoms with Crippen LogP contribution in [0.25, 0.3) is 16.8 Å². The van der Waals surface area contributed by atoms with Gasteiger partial charge in [-0.2, -0.15) is 5.10 Å². The highest BCUT2D eigenvalue weighted by Crippen LogP contribution is 2.23. The van der Waals surface area contributed by atoms with Crippen LogP contribution in [0.2, 0.25) is 0 Å². The van der Waals surface area contributed by atoms with Crippen molar-refractivity contribution in [2.24, 2.45) is 0 Å². The average molecular weight is 364 g/mol. The monoisotopic (exact) mass is 363 g/mol. The van der Waals surface area contributed by atoms with Crippen molar-refractivity contribution in [3.05, 3.63) is 54.5 Å². The van der Waals surface area contributed by atoms with Crippen LogP contribution >= 0.6 is 0 Å². The fraction of sp³-hybridized carbons (Fsp3) is 0.455. The maximum atomic E-state index is 4.73. The molecule has 0 spiro atoms. The summed E-state index contributed by atoms with van der Waals surface area (Å²) in [6.07, 6.45) is 7.26. The van der Waals surface area contributed by atoms with Crippen LogP contribution < -0.4 is 0 Å². The number of fused-ring (bicyclic) bond motifs is 1. The Morgan fingerprint density at radius 2 is 1.93 bits per heavy atom. The molecule has 1 atom stereocenters. The van der Waals surface area contributed by atoms with Gasteiger partial charge < -0.3 is 0 Å². The van der Waals surface area contributed by atoms with Crippen LogP contribution in [-0.4, -0.2) is 56.1 Å². The summed E-state index contributed by atoms with van der Waals surface area (Å²) in [5, 5.41) is 4.54. The van der Waals surface area contributed by atoms with Crippen LogP contribution in [-0.2, 0) is 6.54 Å². The van der Waals surface area contributed by atoms with Crippen molar-refractivity contribution in [3.63, 3.8) is 0 Å². The van der Waals surface area contributed by atoms with E-state index in [1.807, 2.05) is 35.1 Å². The molecule has 0 bridgehead atoms. The number of aromatic nitrogens is 3. The van der Waals surface area contributed by atoms with Crippen molar-refractivity contribution in [2.45, 2.75) is 45.8 Å². The summed E-state index contributed by atoms with van der Waals surface area (Å²) in [4.78, 5) is 9.92. The molecule has 3 heterocycles. The topological polar surface area (TPSA) is 36.7 Å². The van der Waals surface area contributed by atoms with Gasteiger partial charge in [0.05, 0.1) is 6.20 Å². The largest absolute Gasteiger partial charge is 0.296 e. The zero-order valence-corrected chi connectivity index (χ0v) is 16.5. The maximum absolute atomic E-state index is 4.73. The predicted octanol–water partition coefficient (Wildman–Crippen LogP) is 3.70. The van der Waals surface area contributed by atoms with Crippen molar-refractivity contribution in [1.82, 2.24) is 24.4 Å². The number of nitrogens with zero attached hydrogens (tertiary/aromatic N) is 5. The summed E-state index contributed by atoms with van der Waals surface area (Å²) < 4.78 is 1.92. The van der Waals surface area contributed by atoms with Gasteiger partial charge in [-0.1, -0.05) is 37.3 Å². The molecule has 0 radical (unpaired) electrons. The van der Waals surface area contributed by atoms with Crippen LogP contribution in [0.15, 0.2) is 48.9 Å². The minimum Gasteiger partial charge on any atom is -0.296 e. The van der Waals surface area contributed by atoms with Gasteiger partial charge in [-0.25, -0.2) is 9.50 Å². The molecule has 0 N–H and O–H groups in total. The number of hydrogen-bond acceptors (Lipinski definition) is 4. The molecule has 5 heteroatoms. The lowest BCUT2D eigenvalue weighted by Gasteiger charge is -2.43. The third-order valence-corrected chi connectivity index (χ3v) is 5.65. The Morgan fingerprint density at radius 3 is 2.67 bits per heavy atom. The molecular formula is C22H29N5. The minimum atomic E-state index is 0.621. The average Bonchev–Trinajstić information content (AvgIpc) is 3.11. The van der Waals surface area contributed by atoms with Crippen molar-refractivity contribution in [1.29, 1.82) is 0 Å². The molecule has 1 fully saturated rings. The second-order valence-electron chi connectivity index (χ2n) is 7.78. The SMILES string of the molecule is CCC1CN(Cc2cnc3c(-c4ccccc4)cnn3c2)CCN1C(C)C. The predicted molar refractivity (Wildman–Crippen MR) is 110 cm³/mol. The van der Waals surface area contributed by atoms with Crippen molar-refractivity contribution < 1.29 is 0 Å². The van der Waals surface area contributed by atoms with E-state index in [-0.39, 0.29) is 0 Å². The molecule has 0 amide bonds. The van der Waals surface area contributed by atoms with Gasteiger partial charge in [0.25, 0.3) is 0 Å². The van der Waals surface area contributed by atoms with Gasteiger partial charge in [0.1, 0.15) is 0 Å². The number of hydrogen-bond donors (Lipinski definition) is 0. The van der Waals surface area contributed by atoms with Crippen LogP contribution in [0.4, 0.5) is 0 Å². The summed E-state index contributed by atoms with van der Waals surface area (Å²) >= 11 is 0. The Bertz CT molecular complexity index is 886. The Kier molecular flexibility index (Phi) is 5.23. The molecule has 142 valence electrons. The molecule has 1 saturated heterocycles. The Balaban J connectivity index is 1.51. The maximum Gasteiger partial charge on any atom is 0.162 e. The van der Waals surface area contributed by atoms with E-state index in [2.05, 4.69) is 54.0 Å². The third kappa shape index (κ3) is 3.75. The van der Waals surface area contributed by atoms with Crippen molar-refractivity contribution in [3.8, 4) is 11.1 Å². The molecule has 5 nitrogen and oxygen atoms in total. The molecule has 2 aromatic heterocycles. The molecular weight excluding hydrogens is 334 g/mol. The number of piperazine rings is 1. The first kappa shape index (κ1) is 18.1. The summed E-state index contributed by atoms with van der Waals surface area (Å²) in [5.74, 6) is 0. The summed E-state index contributed by atoms with van der Waals surface area (Å²) in [5.41, 5.74) is 4.38. The second-order valence-corrected chi connectivity index (χ2v) is 7.78. The van der Waals surface area contributed by atoms with Crippen molar-refractivity contribution >= 4 is 5.65 Å². The van der Waals surface area contributed by atoms with E-state index in [1.165, 1.54) is 12.0 Å². The Labute approximate surface area is 161 Å². The van der Waals surface area contributed by atoms with Gasteiger partial charge >= 0.3 is 0 Å². The highest BCUT2D eigenvalue weighted by atomic mass is 15.3. The first-order valence-electron chi connectivity index (χ1n) is 10.0. The molecule has 1 aromatic carbocycles. The summed E-state index contributed by atoms with van der Waals surface area (Å²) in [6.45, 7) is 11.2. The lowest BCUT2D eigenvalue weighted by atomic mass is 10.1. The molecule has 1 aliphatic rings. The Hall–Kier alpha value is -2.24. The van der Waals surface area contributed by atoms with E-state index in [4.69, 9.17) is 4.98 Å². The van der Waals surface area contributed by atoms with E-state index in [0.717, 1.165) is 43.0 Å². The van der Waals surface area contributed by atoms with Gasteiger partial charge in [0, 0.05) is 61.8 Å². The first-order chi connectivity index (χ1) is 13.2. The fourth-order valence-electron chi connectivity index (χ4n) is 4.20.